The maximum absolute atomic E-state index is 11.9. The Morgan fingerprint density at radius 1 is 1.19 bits per heavy atom. The van der Waals surface area contributed by atoms with E-state index in [1.807, 2.05) is 31.2 Å². The van der Waals surface area contributed by atoms with Crippen LogP contribution in [-0.4, -0.2) is 22.0 Å². The van der Waals surface area contributed by atoms with Crippen molar-refractivity contribution in [3.63, 3.8) is 0 Å². The maximum atomic E-state index is 11.9. The minimum Gasteiger partial charge on any atom is -0.478 e. The third-order valence-corrected chi connectivity index (χ3v) is 3.18. The monoisotopic (exact) mass is 284 g/mol. The van der Waals surface area contributed by atoms with Crippen molar-refractivity contribution in [2.75, 3.05) is 5.32 Å². The third kappa shape index (κ3) is 3.89. The van der Waals surface area contributed by atoms with Crippen LogP contribution in [0.3, 0.4) is 0 Å². The van der Waals surface area contributed by atoms with Crippen LogP contribution >= 0.6 is 0 Å². The number of nitrogens with zero attached hydrogens (tertiary/aromatic N) is 1. The number of pyridine rings is 1. The third-order valence-electron chi connectivity index (χ3n) is 3.18. The first-order valence-corrected chi connectivity index (χ1v) is 6.60. The van der Waals surface area contributed by atoms with Crippen molar-refractivity contribution in [3.8, 4) is 0 Å². The molecule has 0 fully saturated rings. The number of hydrogen-bond acceptors (Lipinski definition) is 3. The number of carbonyl (C=O) groups is 2. The van der Waals surface area contributed by atoms with E-state index >= 15 is 0 Å². The van der Waals surface area contributed by atoms with Gasteiger partial charge in [0.1, 0.15) is 11.4 Å². The molecule has 1 heterocycles. The zero-order chi connectivity index (χ0) is 15.2. The highest BCUT2D eigenvalue weighted by molar-refractivity contribution is 5.99. The first-order chi connectivity index (χ1) is 10.1. The van der Waals surface area contributed by atoms with Gasteiger partial charge in [-0.25, -0.2) is 9.78 Å². The lowest BCUT2D eigenvalue weighted by atomic mass is 10.0. The number of anilines is 1. The smallest absolute Gasteiger partial charge is 0.339 e. The largest absolute Gasteiger partial charge is 0.478 e. The van der Waals surface area contributed by atoms with E-state index in [2.05, 4.69) is 10.3 Å². The average Bonchev–Trinajstić information content (AvgIpc) is 2.47. The van der Waals surface area contributed by atoms with E-state index in [1.54, 1.807) is 0 Å². The molecule has 1 aromatic carbocycles. The second kappa shape index (κ2) is 6.65. The zero-order valence-electron chi connectivity index (χ0n) is 11.7. The Kier molecular flexibility index (Phi) is 4.66. The number of nitrogens with one attached hydrogen (secondary N) is 1. The second-order valence-electron chi connectivity index (χ2n) is 4.68. The van der Waals surface area contributed by atoms with E-state index in [0.29, 0.717) is 6.42 Å². The van der Waals surface area contributed by atoms with Gasteiger partial charge in [0.15, 0.2) is 0 Å². The molecule has 2 rings (SSSR count). The Hall–Kier alpha value is -2.69. The Morgan fingerprint density at radius 2 is 1.95 bits per heavy atom. The Bertz CT molecular complexity index is 668. The Balaban J connectivity index is 2.00. The Labute approximate surface area is 122 Å². The molecule has 0 bridgehead atoms. The number of carboxylic acid groups (broad SMARTS) is 1. The van der Waals surface area contributed by atoms with Crippen molar-refractivity contribution < 1.29 is 14.7 Å². The molecule has 0 saturated carbocycles. The van der Waals surface area contributed by atoms with Crippen molar-refractivity contribution in [2.24, 2.45) is 0 Å². The predicted octanol–water partition coefficient (Wildman–Crippen LogP) is 2.66. The van der Waals surface area contributed by atoms with Gasteiger partial charge in [0, 0.05) is 12.6 Å². The fraction of sp³-hybridized carbons (Fsp3) is 0.188. The fourth-order valence-corrected chi connectivity index (χ4v) is 2.01. The molecule has 0 unspecified atom stereocenters. The second-order valence-corrected chi connectivity index (χ2v) is 4.68. The standard InChI is InChI=1S/C16H16N2O3/c1-11-5-2-3-6-12(11)8-9-14(19)18-15-13(16(20)21)7-4-10-17-15/h2-7,10H,8-9H2,1H3,(H,20,21)(H,17,18,19). The lowest BCUT2D eigenvalue weighted by Crippen LogP contribution is -2.16. The summed E-state index contributed by atoms with van der Waals surface area (Å²) >= 11 is 0. The molecular weight excluding hydrogens is 268 g/mol. The first kappa shape index (κ1) is 14.7. The highest BCUT2D eigenvalue weighted by atomic mass is 16.4. The fourth-order valence-electron chi connectivity index (χ4n) is 2.01. The molecular formula is C16H16N2O3. The quantitative estimate of drug-likeness (QED) is 0.884. The number of benzene rings is 1. The van der Waals surface area contributed by atoms with Crippen LogP contribution in [0, 0.1) is 6.92 Å². The van der Waals surface area contributed by atoms with E-state index in [-0.39, 0.29) is 23.7 Å². The SMILES string of the molecule is Cc1ccccc1CCC(=O)Nc1ncccc1C(=O)O. The molecule has 0 aliphatic rings. The van der Waals surface area contributed by atoms with Gasteiger partial charge in [-0.3, -0.25) is 4.79 Å². The van der Waals surface area contributed by atoms with Gasteiger partial charge >= 0.3 is 5.97 Å². The molecule has 5 heteroatoms. The summed E-state index contributed by atoms with van der Waals surface area (Å²) in [7, 11) is 0. The number of rotatable bonds is 5. The highest BCUT2D eigenvalue weighted by Gasteiger charge is 2.13. The molecule has 1 amide bonds. The van der Waals surface area contributed by atoms with E-state index in [1.165, 1.54) is 18.3 Å². The lowest BCUT2D eigenvalue weighted by Gasteiger charge is -2.08. The molecule has 0 saturated heterocycles. The number of hydrogen-bond donors (Lipinski definition) is 2. The lowest BCUT2D eigenvalue weighted by molar-refractivity contribution is -0.116. The van der Waals surface area contributed by atoms with Gasteiger partial charge in [-0.05, 0) is 36.6 Å². The summed E-state index contributed by atoms with van der Waals surface area (Å²) < 4.78 is 0. The van der Waals surface area contributed by atoms with Crippen molar-refractivity contribution in [2.45, 2.75) is 19.8 Å². The van der Waals surface area contributed by atoms with Crippen molar-refractivity contribution in [1.29, 1.82) is 0 Å². The van der Waals surface area contributed by atoms with E-state index in [4.69, 9.17) is 5.11 Å². The van der Waals surface area contributed by atoms with E-state index in [0.717, 1.165) is 11.1 Å². The number of aromatic carboxylic acids is 1. The molecule has 21 heavy (non-hydrogen) atoms. The van der Waals surface area contributed by atoms with Gasteiger partial charge in [0.25, 0.3) is 0 Å². The van der Waals surface area contributed by atoms with Crippen LogP contribution in [0.25, 0.3) is 0 Å². The number of aromatic nitrogens is 1. The number of carbonyl (C=O) groups excluding carboxylic acids is 1. The molecule has 2 aromatic rings. The van der Waals surface area contributed by atoms with Crippen molar-refractivity contribution in [3.05, 3.63) is 59.3 Å². The number of carboxylic acids is 1. The molecule has 0 spiro atoms. The summed E-state index contributed by atoms with van der Waals surface area (Å²) in [6.07, 6.45) is 2.33. The molecule has 0 aliphatic heterocycles. The number of aryl methyl sites for hydroxylation is 2. The Morgan fingerprint density at radius 3 is 2.67 bits per heavy atom. The van der Waals surface area contributed by atoms with Crippen LogP contribution in [-0.2, 0) is 11.2 Å². The van der Waals surface area contributed by atoms with Crippen LogP contribution in [0.5, 0.6) is 0 Å². The number of amides is 1. The van der Waals surface area contributed by atoms with Gasteiger partial charge < -0.3 is 10.4 Å². The normalized spacial score (nSPS) is 10.1. The van der Waals surface area contributed by atoms with Crippen LogP contribution in [0.1, 0.15) is 27.9 Å². The van der Waals surface area contributed by atoms with Crippen molar-refractivity contribution >= 4 is 17.7 Å². The zero-order valence-corrected chi connectivity index (χ0v) is 11.7. The molecule has 2 N–H and O–H groups in total. The molecule has 0 atom stereocenters. The van der Waals surface area contributed by atoms with Crippen LogP contribution in [0.2, 0.25) is 0 Å². The van der Waals surface area contributed by atoms with Gasteiger partial charge in [0.05, 0.1) is 0 Å². The molecule has 1 aromatic heterocycles. The summed E-state index contributed by atoms with van der Waals surface area (Å²) in [5, 5.41) is 11.6. The van der Waals surface area contributed by atoms with Crippen LogP contribution in [0.4, 0.5) is 5.82 Å². The van der Waals surface area contributed by atoms with Crippen LogP contribution < -0.4 is 5.32 Å². The van der Waals surface area contributed by atoms with Gasteiger partial charge in [0.2, 0.25) is 5.91 Å². The van der Waals surface area contributed by atoms with Gasteiger partial charge in [-0.1, -0.05) is 24.3 Å². The minimum absolute atomic E-state index is 0.0123. The summed E-state index contributed by atoms with van der Waals surface area (Å²) in [4.78, 5) is 26.9. The summed E-state index contributed by atoms with van der Waals surface area (Å²) in [5.41, 5.74) is 2.23. The van der Waals surface area contributed by atoms with E-state index in [9.17, 15) is 9.59 Å². The average molecular weight is 284 g/mol. The first-order valence-electron chi connectivity index (χ1n) is 6.60. The topological polar surface area (TPSA) is 79.3 Å². The summed E-state index contributed by atoms with van der Waals surface area (Å²) in [5.74, 6) is -1.28. The van der Waals surface area contributed by atoms with E-state index < -0.39 is 5.97 Å². The molecule has 0 aliphatic carbocycles. The highest BCUT2D eigenvalue weighted by Crippen LogP contribution is 2.13. The minimum atomic E-state index is -1.11. The van der Waals surface area contributed by atoms with Gasteiger partial charge in [-0.15, -0.1) is 0 Å². The summed E-state index contributed by atoms with van der Waals surface area (Å²) in [6.45, 7) is 1.99. The molecule has 5 nitrogen and oxygen atoms in total. The van der Waals surface area contributed by atoms with Crippen LogP contribution in [0.15, 0.2) is 42.6 Å². The summed E-state index contributed by atoms with van der Waals surface area (Å²) in [6, 6.07) is 10.8. The van der Waals surface area contributed by atoms with Crippen molar-refractivity contribution in [1.82, 2.24) is 4.98 Å². The molecule has 108 valence electrons. The molecule has 0 radical (unpaired) electrons. The maximum Gasteiger partial charge on any atom is 0.339 e. The predicted molar refractivity (Wildman–Crippen MR) is 79.3 cm³/mol. The van der Waals surface area contributed by atoms with Gasteiger partial charge in [-0.2, -0.15) is 0 Å².